The lowest BCUT2D eigenvalue weighted by atomic mass is 9.87. The van der Waals surface area contributed by atoms with Crippen LogP contribution in [0.4, 0.5) is 5.69 Å². The first-order chi connectivity index (χ1) is 17.3. The largest absolute Gasteiger partial charge is 0.508 e. The molecule has 1 heterocycles. The summed E-state index contributed by atoms with van der Waals surface area (Å²) >= 11 is 0. The number of amides is 2. The van der Waals surface area contributed by atoms with Crippen LogP contribution < -0.4 is 15.4 Å². The Hall–Kier alpha value is -4.06. The molecular weight excluding hydrogens is 452 g/mol. The van der Waals surface area contributed by atoms with E-state index in [1.165, 1.54) is 5.57 Å². The van der Waals surface area contributed by atoms with Gasteiger partial charge in [0.1, 0.15) is 11.5 Å². The van der Waals surface area contributed by atoms with Gasteiger partial charge in [-0.05, 0) is 79.6 Å². The highest BCUT2D eigenvalue weighted by molar-refractivity contribution is 6.08. The van der Waals surface area contributed by atoms with Gasteiger partial charge in [0, 0.05) is 12.1 Å². The van der Waals surface area contributed by atoms with Crippen molar-refractivity contribution in [2.75, 3.05) is 11.9 Å². The van der Waals surface area contributed by atoms with Crippen molar-refractivity contribution in [2.24, 2.45) is 11.8 Å². The Kier molecular flexibility index (Phi) is 7.74. The molecule has 0 aliphatic carbocycles. The van der Waals surface area contributed by atoms with Crippen LogP contribution in [0.3, 0.4) is 0 Å². The van der Waals surface area contributed by atoms with Crippen LogP contribution in [0.1, 0.15) is 53.5 Å². The third-order valence-electron chi connectivity index (χ3n) is 6.76. The molecule has 0 spiro atoms. The zero-order valence-corrected chi connectivity index (χ0v) is 20.9. The molecule has 0 saturated heterocycles. The number of phenols is 1. The minimum Gasteiger partial charge on any atom is -0.508 e. The number of anilines is 1. The van der Waals surface area contributed by atoms with Gasteiger partial charge in [-0.2, -0.15) is 0 Å². The van der Waals surface area contributed by atoms with Gasteiger partial charge in [-0.3, -0.25) is 9.59 Å². The Bertz CT molecular complexity index is 1280. The number of carbonyl (C=O) groups is 2. The fourth-order valence-corrected chi connectivity index (χ4v) is 4.25. The lowest BCUT2D eigenvalue weighted by molar-refractivity contribution is 0.0943. The monoisotopic (exact) mass is 484 g/mol. The summed E-state index contributed by atoms with van der Waals surface area (Å²) in [7, 11) is 0. The van der Waals surface area contributed by atoms with Crippen molar-refractivity contribution < 1.29 is 19.4 Å². The molecule has 0 bridgehead atoms. The molecule has 1 unspecified atom stereocenters. The van der Waals surface area contributed by atoms with Crippen LogP contribution in [0.25, 0.3) is 0 Å². The van der Waals surface area contributed by atoms with Crippen LogP contribution in [0.5, 0.6) is 17.2 Å². The second kappa shape index (κ2) is 11.1. The Morgan fingerprint density at radius 3 is 2.53 bits per heavy atom. The molecule has 6 nitrogen and oxygen atoms in total. The Morgan fingerprint density at radius 2 is 1.78 bits per heavy atom. The lowest BCUT2D eigenvalue weighted by Gasteiger charge is -2.22. The van der Waals surface area contributed by atoms with Crippen LogP contribution in [0.2, 0.25) is 0 Å². The number of aromatic hydroxyl groups is 1. The number of hydrogen-bond acceptors (Lipinski definition) is 4. The highest BCUT2D eigenvalue weighted by atomic mass is 16.5. The standard InChI is InChI=1S/C30H32N2O4/c1-4-21(16-22-9-12-24(33)13-10-22)15-19(2)20(3)18-31-29(34)23-11-14-28-26(17-23)32-30(35)25-7-5-6-8-27(25)36-28/h4-14,17,19-20,33H,15-16,18H2,1-3H3,(H,31,34)(H,32,35)/b21-4+/t19-,20?/m0/s1. The van der Waals surface area contributed by atoms with Crippen molar-refractivity contribution in [1.29, 1.82) is 0 Å². The van der Waals surface area contributed by atoms with E-state index in [0.717, 1.165) is 18.4 Å². The summed E-state index contributed by atoms with van der Waals surface area (Å²) < 4.78 is 5.90. The van der Waals surface area contributed by atoms with Crippen molar-refractivity contribution in [3.8, 4) is 17.2 Å². The van der Waals surface area contributed by atoms with E-state index in [0.29, 0.717) is 40.8 Å². The minimum absolute atomic E-state index is 0.191. The zero-order valence-electron chi connectivity index (χ0n) is 20.9. The van der Waals surface area contributed by atoms with Gasteiger partial charge >= 0.3 is 0 Å². The number of hydrogen-bond donors (Lipinski definition) is 3. The first kappa shape index (κ1) is 25.0. The highest BCUT2D eigenvalue weighted by Crippen LogP contribution is 2.36. The Balaban J connectivity index is 1.34. The molecule has 4 rings (SSSR count). The van der Waals surface area contributed by atoms with Crippen molar-refractivity contribution in [2.45, 2.75) is 33.6 Å². The second-order valence-corrected chi connectivity index (χ2v) is 9.42. The maximum atomic E-state index is 12.9. The summed E-state index contributed by atoms with van der Waals surface area (Å²) in [6.45, 7) is 6.93. The molecule has 1 aliphatic rings. The molecule has 1 aliphatic heterocycles. The van der Waals surface area contributed by atoms with Gasteiger partial charge in [-0.1, -0.05) is 49.8 Å². The Morgan fingerprint density at radius 1 is 1.03 bits per heavy atom. The predicted molar refractivity (Wildman–Crippen MR) is 142 cm³/mol. The van der Waals surface area contributed by atoms with E-state index in [9.17, 15) is 14.7 Å². The van der Waals surface area contributed by atoms with Crippen LogP contribution >= 0.6 is 0 Å². The summed E-state index contributed by atoms with van der Waals surface area (Å²) in [5, 5.41) is 15.4. The topological polar surface area (TPSA) is 87.7 Å². The average Bonchev–Trinajstić information content (AvgIpc) is 3.02. The number of para-hydroxylation sites is 1. The number of fused-ring (bicyclic) bond motifs is 2. The molecule has 0 fully saturated rings. The number of rotatable bonds is 8. The summed E-state index contributed by atoms with van der Waals surface area (Å²) in [5.74, 6) is 1.43. The first-order valence-electron chi connectivity index (χ1n) is 12.3. The molecule has 3 aromatic carbocycles. The number of nitrogens with one attached hydrogen (secondary N) is 2. The van der Waals surface area contributed by atoms with Crippen molar-refractivity contribution in [3.05, 3.63) is 95.1 Å². The lowest BCUT2D eigenvalue weighted by Crippen LogP contribution is -2.31. The van der Waals surface area contributed by atoms with Gasteiger partial charge in [0.25, 0.3) is 11.8 Å². The van der Waals surface area contributed by atoms with E-state index in [-0.39, 0.29) is 23.5 Å². The molecule has 186 valence electrons. The predicted octanol–water partition coefficient (Wildman–Crippen LogP) is 6.33. The van der Waals surface area contributed by atoms with Crippen molar-refractivity contribution in [3.63, 3.8) is 0 Å². The molecule has 6 heteroatoms. The molecule has 36 heavy (non-hydrogen) atoms. The second-order valence-electron chi connectivity index (χ2n) is 9.42. The fourth-order valence-electron chi connectivity index (χ4n) is 4.25. The van der Waals surface area contributed by atoms with E-state index in [1.54, 1.807) is 48.5 Å². The molecule has 2 amide bonds. The molecule has 3 N–H and O–H groups in total. The summed E-state index contributed by atoms with van der Waals surface area (Å²) in [5.41, 5.74) is 3.88. The van der Waals surface area contributed by atoms with Crippen LogP contribution in [0.15, 0.2) is 78.4 Å². The van der Waals surface area contributed by atoms with Gasteiger partial charge in [0.2, 0.25) is 0 Å². The van der Waals surface area contributed by atoms with Crippen LogP contribution in [-0.4, -0.2) is 23.5 Å². The van der Waals surface area contributed by atoms with E-state index < -0.39 is 0 Å². The SMILES string of the molecule is C/C=C(/Cc1ccc(O)cc1)C[C@H](C)C(C)CNC(=O)c1ccc2c(c1)NC(=O)c1ccccc1O2. The summed E-state index contributed by atoms with van der Waals surface area (Å²) in [6, 6.07) is 19.4. The molecular formula is C30H32N2O4. The van der Waals surface area contributed by atoms with Crippen LogP contribution in [0, 0.1) is 11.8 Å². The number of benzene rings is 3. The van der Waals surface area contributed by atoms with Crippen LogP contribution in [-0.2, 0) is 6.42 Å². The first-order valence-corrected chi connectivity index (χ1v) is 12.3. The quantitative estimate of drug-likeness (QED) is 0.326. The highest BCUT2D eigenvalue weighted by Gasteiger charge is 2.22. The average molecular weight is 485 g/mol. The summed E-state index contributed by atoms with van der Waals surface area (Å²) in [4.78, 5) is 25.5. The fraction of sp³-hybridized carbons (Fsp3) is 0.267. The van der Waals surface area contributed by atoms with Crippen molar-refractivity contribution in [1.82, 2.24) is 5.32 Å². The number of phenolic OH excluding ortho intramolecular Hbond substituents is 1. The number of ether oxygens (including phenoxy) is 1. The van der Waals surface area contributed by atoms with Gasteiger partial charge in [0.15, 0.2) is 5.75 Å². The van der Waals surface area contributed by atoms with Gasteiger partial charge in [-0.25, -0.2) is 0 Å². The van der Waals surface area contributed by atoms with Gasteiger partial charge in [0.05, 0.1) is 11.3 Å². The Labute approximate surface area is 212 Å². The molecule has 3 aromatic rings. The van der Waals surface area contributed by atoms with E-state index in [1.807, 2.05) is 25.1 Å². The molecule has 0 radical (unpaired) electrons. The molecule has 2 atom stereocenters. The third-order valence-corrected chi connectivity index (χ3v) is 6.76. The maximum absolute atomic E-state index is 12.9. The third kappa shape index (κ3) is 5.95. The number of allylic oxidation sites excluding steroid dienone is 2. The maximum Gasteiger partial charge on any atom is 0.259 e. The summed E-state index contributed by atoms with van der Waals surface area (Å²) in [6.07, 6.45) is 3.92. The number of carbonyl (C=O) groups excluding carboxylic acids is 2. The smallest absolute Gasteiger partial charge is 0.259 e. The zero-order chi connectivity index (χ0) is 25.7. The van der Waals surface area contributed by atoms with Gasteiger partial charge in [-0.15, -0.1) is 0 Å². The molecule has 0 aromatic heterocycles. The minimum atomic E-state index is -0.267. The molecule has 0 saturated carbocycles. The van der Waals surface area contributed by atoms with Gasteiger partial charge < -0.3 is 20.5 Å². The van der Waals surface area contributed by atoms with E-state index in [4.69, 9.17) is 4.74 Å². The normalized spacial score (nSPS) is 14.4. The van der Waals surface area contributed by atoms with E-state index in [2.05, 4.69) is 30.6 Å². The van der Waals surface area contributed by atoms with E-state index >= 15 is 0 Å². The van der Waals surface area contributed by atoms with Crippen molar-refractivity contribution >= 4 is 17.5 Å².